The van der Waals surface area contributed by atoms with Gasteiger partial charge in [0.05, 0.1) is 5.69 Å². The van der Waals surface area contributed by atoms with Crippen LogP contribution in [0.5, 0.6) is 0 Å². The number of hydrogen-bond acceptors (Lipinski definition) is 2. The quantitative estimate of drug-likeness (QED) is 0.842. The Bertz CT molecular complexity index is 732. The van der Waals surface area contributed by atoms with Crippen LogP contribution in [0, 0.1) is 5.82 Å². The molecule has 1 aliphatic rings. The number of amides is 2. The van der Waals surface area contributed by atoms with Gasteiger partial charge in [0, 0.05) is 37.2 Å². The van der Waals surface area contributed by atoms with E-state index in [2.05, 4.69) is 27.3 Å². The predicted octanol–water partition coefficient (Wildman–Crippen LogP) is 3.66. The van der Waals surface area contributed by atoms with Crippen LogP contribution >= 0.6 is 15.9 Å². The number of para-hydroxylation sites is 1. The number of piperazine rings is 1. The Labute approximate surface area is 155 Å². The number of nitrogens with zero attached hydrogens (tertiary/aromatic N) is 2. The summed E-state index contributed by atoms with van der Waals surface area (Å²) in [6.45, 7) is 3.07. The van der Waals surface area contributed by atoms with Crippen molar-refractivity contribution in [1.29, 1.82) is 0 Å². The van der Waals surface area contributed by atoms with Gasteiger partial charge in [0.1, 0.15) is 5.82 Å². The summed E-state index contributed by atoms with van der Waals surface area (Å²) in [4.78, 5) is 16.1. The Hall–Kier alpha value is -2.08. The van der Waals surface area contributed by atoms with Crippen molar-refractivity contribution in [3.8, 4) is 0 Å². The second kappa shape index (κ2) is 8.34. The minimum absolute atomic E-state index is 0.0526. The van der Waals surface area contributed by atoms with Gasteiger partial charge in [-0.05, 0) is 36.2 Å². The normalized spacial score (nSPS) is 14.5. The highest BCUT2D eigenvalue weighted by molar-refractivity contribution is 9.10. The molecule has 1 aliphatic heterocycles. The fraction of sp³-hybridized carbons (Fsp3) is 0.316. The van der Waals surface area contributed by atoms with E-state index >= 15 is 0 Å². The van der Waals surface area contributed by atoms with Gasteiger partial charge in [-0.25, -0.2) is 9.18 Å². The number of rotatable bonds is 4. The highest BCUT2D eigenvalue weighted by Crippen LogP contribution is 2.20. The van der Waals surface area contributed by atoms with Gasteiger partial charge < -0.3 is 15.1 Å². The van der Waals surface area contributed by atoms with E-state index in [4.69, 9.17) is 0 Å². The smallest absolute Gasteiger partial charge is 0.317 e. The topological polar surface area (TPSA) is 35.6 Å². The second-order valence-corrected chi connectivity index (χ2v) is 6.95. The van der Waals surface area contributed by atoms with Crippen molar-refractivity contribution in [1.82, 2.24) is 10.2 Å². The van der Waals surface area contributed by atoms with Gasteiger partial charge in [-0.3, -0.25) is 0 Å². The molecule has 0 atom stereocenters. The van der Waals surface area contributed by atoms with Crippen LogP contribution in [0.2, 0.25) is 0 Å². The van der Waals surface area contributed by atoms with Gasteiger partial charge in [0.2, 0.25) is 0 Å². The van der Waals surface area contributed by atoms with Crippen molar-refractivity contribution in [3.63, 3.8) is 0 Å². The largest absolute Gasteiger partial charge is 0.366 e. The molecule has 0 spiro atoms. The monoisotopic (exact) mass is 405 g/mol. The zero-order chi connectivity index (χ0) is 17.6. The molecule has 1 saturated heterocycles. The first-order valence-corrected chi connectivity index (χ1v) is 9.19. The van der Waals surface area contributed by atoms with E-state index in [0.717, 1.165) is 10.9 Å². The third-order valence-electron chi connectivity index (χ3n) is 4.34. The van der Waals surface area contributed by atoms with Crippen LogP contribution in [0.15, 0.2) is 53.0 Å². The summed E-state index contributed by atoms with van der Waals surface area (Å²) in [5.74, 6) is -0.213. The SMILES string of the molecule is O=C(NCCc1cccc(Br)c1)N1CCN(c2ccccc2F)CC1. The van der Waals surface area contributed by atoms with E-state index in [-0.39, 0.29) is 11.8 Å². The molecule has 1 fully saturated rings. The lowest BCUT2D eigenvalue weighted by Gasteiger charge is -2.36. The zero-order valence-electron chi connectivity index (χ0n) is 13.9. The summed E-state index contributed by atoms with van der Waals surface area (Å²) < 4.78 is 14.9. The number of hydrogen-bond donors (Lipinski definition) is 1. The molecule has 0 bridgehead atoms. The minimum atomic E-state index is -0.213. The molecule has 6 heteroatoms. The Morgan fingerprint density at radius 2 is 1.84 bits per heavy atom. The fourth-order valence-corrected chi connectivity index (χ4v) is 3.42. The second-order valence-electron chi connectivity index (χ2n) is 6.04. The Balaban J connectivity index is 1.45. The van der Waals surface area contributed by atoms with Crippen molar-refractivity contribution >= 4 is 27.6 Å². The third kappa shape index (κ3) is 4.72. The number of carbonyl (C=O) groups is 1. The molecule has 1 heterocycles. The zero-order valence-corrected chi connectivity index (χ0v) is 15.5. The van der Waals surface area contributed by atoms with Crippen LogP contribution in [-0.4, -0.2) is 43.7 Å². The summed E-state index contributed by atoms with van der Waals surface area (Å²) in [6, 6.07) is 14.8. The summed E-state index contributed by atoms with van der Waals surface area (Å²) in [5.41, 5.74) is 1.79. The summed E-state index contributed by atoms with van der Waals surface area (Å²) in [7, 11) is 0. The van der Waals surface area contributed by atoms with Gasteiger partial charge in [-0.2, -0.15) is 0 Å². The van der Waals surface area contributed by atoms with Gasteiger partial charge in [-0.15, -0.1) is 0 Å². The van der Waals surface area contributed by atoms with Crippen molar-refractivity contribution in [2.75, 3.05) is 37.6 Å². The van der Waals surface area contributed by atoms with Crippen molar-refractivity contribution in [3.05, 3.63) is 64.4 Å². The molecule has 0 aromatic heterocycles. The first-order valence-electron chi connectivity index (χ1n) is 8.40. The highest BCUT2D eigenvalue weighted by Gasteiger charge is 2.22. The molecule has 0 radical (unpaired) electrons. The number of carbonyl (C=O) groups excluding carboxylic acids is 1. The first kappa shape index (κ1) is 17.7. The van der Waals surface area contributed by atoms with Crippen molar-refractivity contribution < 1.29 is 9.18 Å². The number of halogens is 2. The van der Waals surface area contributed by atoms with Crippen molar-refractivity contribution in [2.24, 2.45) is 0 Å². The van der Waals surface area contributed by atoms with E-state index in [1.807, 2.05) is 29.2 Å². The van der Waals surface area contributed by atoms with Crippen LogP contribution in [-0.2, 0) is 6.42 Å². The molecule has 0 saturated carbocycles. The average Bonchev–Trinajstić information content (AvgIpc) is 2.62. The van der Waals surface area contributed by atoms with Crippen LogP contribution in [0.4, 0.5) is 14.9 Å². The van der Waals surface area contributed by atoms with E-state index in [1.54, 1.807) is 17.0 Å². The van der Waals surface area contributed by atoms with E-state index in [9.17, 15) is 9.18 Å². The van der Waals surface area contributed by atoms with Gasteiger partial charge >= 0.3 is 6.03 Å². The fourth-order valence-electron chi connectivity index (χ4n) is 2.98. The third-order valence-corrected chi connectivity index (χ3v) is 4.83. The van der Waals surface area contributed by atoms with Crippen LogP contribution in [0.25, 0.3) is 0 Å². The molecular weight excluding hydrogens is 385 g/mol. The maximum Gasteiger partial charge on any atom is 0.317 e. The molecule has 0 aliphatic carbocycles. The molecule has 132 valence electrons. The number of nitrogens with one attached hydrogen (secondary N) is 1. The summed E-state index contributed by atoms with van der Waals surface area (Å²) in [6.07, 6.45) is 0.792. The van der Waals surface area contributed by atoms with Crippen LogP contribution in [0.3, 0.4) is 0 Å². The maximum absolute atomic E-state index is 13.8. The Morgan fingerprint density at radius 3 is 2.56 bits per heavy atom. The maximum atomic E-state index is 13.8. The average molecular weight is 406 g/mol. The highest BCUT2D eigenvalue weighted by atomic mass is 79.9. The Kier molecular flexibility index (Phi) is 5.91. The molecular formula is C19H21BrFN3O. The number of benzene rings is 2. The molecule has 2 amide bonds. The van der Waals surface area contributed by atoms with Gasteiger partial charge in [0.25, 0.3) is 0 Å². The molecule has 2 aromatic rings. The molecule has 4 nitrogen and oxygen atoms in total. The molecule has 1 N–H and O–H groups in total. The number of anilines is 1. The van der Waals surface area contributed by atoms with Crippen molar-refractivity contribution in [2.45, 2.75) is 6.42 Å². The van der Waals surface area contributed by atoms with E-state index in [1.165, 1.54) is 11.6 Å². The summed E-state index contributed by atoms with van der Waals surface area (Å²) in [5, 5.41) is 2.97. The molecule has 3 rings (SSSR count). The van der Waals surface area contributed by atoms with Gasteiger partial charge in [0.15, 0.2) is 0 Å². The van der Waals surface area contributed by atoms with E-state index in [0.29, 0.717) is 38.4 Å². The number of urea groups is 1. The standard InChI is InChI=1S/C19H21BrFN3O/c20-16-5-3-4-15(14-16)8-9-22-19(25)24-12-10-23(11-13-24)18-7-2-1-6-17(18)21/h1-7,14H,8-13H2,(H,22,25). The first-order chi connectivity index (χ1) is 12.1. The summed E-state index contributed by atoms with van der Waals surface area (Å²) >= 11 is 3.45. The predicted molar refractivity (Wildman–Crippen MR) is 101 cm³/mol. The van der Waals surface area contributed by atoms with Crippen LogP contribution < -0.4 is 10.2 Å². The molecule has 2 aromatic carbocycles. The lowest BCUT2D eigenvalue weighted by molar-refractivity contribution is 0.194. The lowest BCUT2D eigenvalue weighted by Crippen LogP contribution is -2.52. The lowest BCUT2D eigenvalue weighted by atomic mass is 10.1. The Morgan fingerprint density at radius 1 is 1.08 bits per heavy atom. The molecule has 0 unspecified atom stereocenters. The van der Waals surface area contributed by atoms with Crippen LogP contribution in [0.1, 0.15) is 5.56 Å². The minimum Gasteiger partial charge on any atom is -0.366 e. The van der Waals surface area contributed by atoms with E-state index < -0.39 is 0 Å². The van der Waals surface area contributed by atoms with Gasteiger partial charge in [-0.1, -0.05) is 40.2 Å². The molecule has 25 heavy (non-hydrogen) atoms.